The molecule has 2 aromatic carbocycles. The minimum Gasteiger partial charge on any atom is -0.340 e. The first kappa shape index (κ1) is 16.1. The van der Waals surface area contributed by atoms with Gasteiger partial charge in [-0.2, -0.15) is 5.26 Å². The SMILES string of the molecule is N#Cc1ccc(Nc2cc(C(=O)Nc3ccc(F)cc3)ncn2)cc1. The van der Waals surface area contributed by atoms with E-state index in [-0.39, 0.29) is 11.5 Å². The van der Waals surface area contributed by atoms with Gasteiger partial charge in [-0.1, -0.05) is 0 Å². The summed E-state index contributed by atoms with van der Waals surface area (Å²) in [5.41, 5.74) is 1.90. The average Bonchev–Trinajstić information content (AvgIpc) is 2.64. The molecule has 6 nitrogen and oxygen atoms in total. The van der Waals surface area contributed by atoms with Gasteiger partial charge in [-0.3, -0.25) is 4.79 Å². The number of hydrogen-bond acceptors (Lipinski definition) is 5. The van der Waals surface area contributed by atoms with E-state index in [1.807, 2.05) is 6.07 Å². The summed E-state index contributed by atoms with van der Waals surface area (Å²) in [6.45, 7) is 0. The number of nitrogens with one attached hydrogen (secondary N) is 2. The molecule has 0 saturated carbocycles. The molecule has 25 heavy (non-hydrogen) atoms. The summed E-state index contributed by atoms with van der Waals surface area (Å²) in [5.74, 6) is -0.380. The Bertz CT molecular complexity index is 933. The standard InChI is InChI=1S/C18H12FN5O/c19-13-3-7-15(8-4-13)24-18(25)16-9-17(22-11-21-16)23-14-5-1-12(10-20)2-6-14/h1-9,11H,(H,24,25)(H,21,22,23). The van der Waals surface area contributed by atoms with Crippen molar-refractivity contribution in [3.05, 3.63) is 78.0 Å². The minimum absolute atomic E-state index is 0.162. The lowest BCUT2D eigenvalue weighted by atomic mass is 10.2. The predicted molar refractivity (Wildman–Crippen MR) is 90.8 cm³/mol. The van der Waals surface area contributed by atoms with Crippen molar-refractivity contribution in [1.29, 1.82) is 5.26 Å². The molecule has 0 atom stereocenters. The highest BCUT2D eigenvalue weighted by molar-refractivity contribution is 6.03. The van der Waals surface area contributed by atoms with Crippen molar-refractivity contribution in [2.24, 2.45) is 0 Å². The van der Waals surface area contributed by atoms with Crippen LogP contribution < -0.4 is 10.6 Å². The third-order valence-corrected chi connectivity index (χ3v) is 3.29. The molecule has 0 fully saturated rings. The maximum absolute atomic E-state index is 12.9. The first-order chi connectivity index (χ1) is 12.1. The summed E-state index contributed by atoms with van der Waals surface area (Å²) in [6.07, 6.45) is 1.27. The molecule has 1 aromatic heterocycles. The number of halogens is 1. The fourth-order valence-corrected chi connectivity index (χ4v) is 2.05. The first-order valence-electron chi connectivity index (χ1n) is 7.30. The number of amides is 1. The zero-order chi connectivity index (χ0) is 17.6. The van der Waals surface area contributed by atoms with Gasteiger partial charge in [-0.25, -0.2) is 14.4 Å². The third-order valence-electron chi connectivity index (χ3n) is 3.29. The van der Waals surface area contributed by atoms with E-state index in [1.165, 1.54) is 36.7 Å². The van der Waals surface area contributed by atoms with Crippen molar-refractivity contribution in [2.75, 3.05) is 10.6 Å². The van der Waals surface area contributed by atoms with Crippen LogP contribution in [0.25, 0.3) is 0 Å². The number of carbonyl (C=O) groups excluding carboxylic acids is 1. The summed E-state index contributed by atoms with van der Waals surface area (Å²) in [6, 6.07) is 15.8. The fourth-order valence-electron chi connectivity index (χ4n) is 2.05. The highest BCUT2D eigenvalue weighted by atomic mass is 19.1. The Morgan fingerprint density at radius 3 is 2.36 bits per heavy atom. The van der Waals surface area contributed by atoms with Crippen LogP contribution in [0.15, 0.2) is 60.9 Å². The van der Waals surface area contributed by atoms with E-state index in [1.54, 1.807) is 24.3 Å². The van der Waals surface area contributed by atoms with Gasteiger partial charge in [0.2, 0.25) is 0 Å². The van der Waals surface area contributed by atoms with Gasteiger partial charge in [-0.05, 0) is 48.5 Å². The molecule has 0 aliphatic rings. The van der Waals surface area contributed by atoms with Crippen molar-refractivity contribution in [3.8, 4) is 6.07 Å². The summed E-state index contributed by atoms with van der Waals surface area (Å²) in [5, 5.41) is 14.5. The van der Waals surface area contributed by atoms with E-state index < -0.39 is 5.91 Å². The Labute approximate surface area is 143 Å². The van der Waals surface area contributed by atoms with Crippen molar-refractivity contribution in [1.82, 2.24) is 9.97 Å². The van der Waals surface area contributed by atoms with Crippen molar-refractivity contribution in [2.45, 2.75) is 0 Å². The van der Waals surface area contributed by atoms with E-state index in [0.717, 1.165) is 5.69 Å². The lowest BCUT2D eigenvalue weighted by molar-refractivity contribution is 0.102. The van der Waals surface area contributed by atoms with Gasteiger partial charge in [-0.15, -0.1) is 0 Å². The molecule has 0 radical (unpaired) electrons. The number of aromatic nitrogens is 2. The molecule has 1 amide bonds. The Kier molecular flexibility index (Phi) is 4.62. The number of rotatable bonds is 4. The second kappa shape index (κ2) is 7.19. The number of anilines is 3. The molecular formula is C18H12FN5O. The van der Waals surface area contributed by atoms with Crippen LogP contribution in [-0.2, 0) is 0 Å². The largest absolute Gasteiger partial charge is 0.340 e. The number of carbonyl (C=O) groups is 1. The predicted octanol–water partition coefficient (Wildman–Crippen LogP) is 3.48. The molecule has 0 saturated heterocycles. The molecule has 0 bridgehead atoms. The van der Waals surface area contributed by atoms with E-state index in [4.69, 9.17) is 5.26 Å². The zero-order valence-electron chi connectivity index (χ0n) is 12.9. The normalized spacial score (nSPS) is 9.92. The molecule has 2 N–H and O–H groups in total. The van der Waals surface area contributed by atoms with Crippen molar-refractivity contribution >= 4 is 23.1 Å². The summed E-state index contributed by atoms with van der Waals surface area (Å²) < 4.78 is 12.9. The van der Waals surface area contributed by atoms with E-state index in [2.05, 4.69) is 20.6 Å². The quantitative estimate of drug-likeness (QED) is 0.763. The highest BCUT2D eigenvalue weighted by Gasteiger charge is 2.09. The van der Waals surface area contributed by atoms with Crippen LogP contribution in [0.1, 0.15) is 16.1 Å². The monoisotopic (exact) mass is 333 g/mol. The fraction of sp³-hybridized carbons (Fsp3) is 0. The molecule has 0 unspecified atom stereocenters. The van der Waals surface area contributed by atoms with Crippen LogP contribution in [0.2, 0.25) is 0 Å². The lowest BCUT2D eigenvalue weighted by Crippen LogP contribution is -2.14. The number of nitrogens with zero attached hydrogens (tertiary/aromatic N) is 3. The van der Waals surface area contributed by atoms with E-state index in [9.17, 15) is 9.18 Å². The van der Waals surface area contributed by atoms with Crippen molar-refractivity contribution in [3.63, 3.8) is 0 Å². The van der Waals surface area contributed by atoms with E-state index >= 15 is 0 Å². The highest BCUT2D eigenvalue weighted by Crippen LogP contribution is 2.16. The van der Waals surface area contributed by atoms with Gasteiger partial charge < -0.3 is 10.6 Å². The maximum Gasteiger partial charge on any atom is 0.274 e. The smallest absolute Gasteiger partial charge is 0.274 e. The van der Waals surface area contributed by atoms with Gasteiger partial charge in [0, 0.05) is 17.4 Å². The Morgan fingerprint density at radius 2 is 1.68 bits per heavy atom. The second-order valence-corrected chi connectivity index (χ2v) is 5.06. The molecule has 0 aliphatic heterocycles. The Balaban J connectivity index is 1.72. The molecule has 0 aliphatic carbocycles. The van der Waals surface area contributed by atoms with Crippen LogP contribution in [0.5, 0.6) is 0 Å². The van der Waals surface area contributed by atoms with Crippen LogP contribution in [-0.4, -0.2) is 15.9 Å². The second-order valence-electron chi connectivity index (χ2n) is 5.06. The van der Waals surface area contributed by atoms with Gasteiger partial charge >= 0.3 is 0 Å². The molecular weight excluding hydrogens is 321 g/mol. The molecule has 0 spiro atoms. The summed E-state index contributed by atoms with van der Waals surface area (Å²) >= 11 is 0. The van der Waals surface area contributed by atoms with Crippen molar-refractivity contribution < 1.29 is 9.18 Å². The Hall–Kier alpha value is -3.79. The van der Waals surface area contributed by atoms with Crippen LogP contribution in [0, 0.1) is 17.1 Å². The Morgan fingerprint density at radius 1 is 1.00 bits per heavy atom. The summed E-state index contributed by atoms with van der Waals surface area (Å²) in [4.78, 5) is 20.2. The molecule has 1 heterocycles. The third kappa shape index (κ3) is 4.14. The van der Waals surface area contributed by atoms with Crippen LogP contribution >= 0.6 is 0 Å². The first-order valence-corrected chi connectivity index (χ1v) is 7.30. The summed E-state index contributed by atoms with van der Waals surface area (Å²) in [7, 11) is 0. The number of hydrogen-bond donors (Lipinski definition) is 2. The van der Waals surface area contributed by atoms with Gasteiger partial charge in [0.15, 0.2) is 0 Å². The molecule has 3 rings (SSSR count). The molecule has 3 aromatic rings. The zero-order valence-corrected chi connectivity index (χ0v) is 12.9. The van der Waals surface area contributed by atoms with Crippen LogP contribution in [0.3, 0.4) is 0 Å². The van der Waals surface area contributed by atoms with E-state index in [0.29, 0.717) is 17.1 Å². The average molecular weight is 333 g/mol. The number of nitriles is 1. The van der Waals surface area contributed by atoms with Crippen LogP contribution in [0.4, 0.5) is 21.6 Å². The lowest BCUT2D eigenvalue weighted by Gasteiger charge is -2.08. The topological polar surface area (TPSA) is 90.7 Å². The van der Waals surface area contributed by atoms with Gasteiger partial charge in [0.1, 0.15) is 23.7 Å². The van der Waals surface area contributed by atoms with Gasteiger partial charge in [0.05, 0.1) is 11.6 Å². The number of benzene rings is 2. The van der Waals surface area contributed by atoms with Gasteiger partial charge in [0.25, 0.3) is 5.91 Å². The maximum atomic E-state index is 12.9. The minimum atomic E-state index is -0.433. The molecule has 7 heteroatoms. The molecule has 122 valence electrons.